The number of methoxy groups -OCH3 is 2. The minimum Gasteiger partial charge on any atom is -0.497 e. The number of rotatable bonds is 5. The predicted molar refractivity (Wildman–Crippen MR) is 113 cm³/mol. The largest absolute Gasteiger partial charge is 0.497 e. The van der Waals surface area contributed by atoms with Crippen LogP contribution < -0.4 is 14.8 Å². The number of aliphatic imine (C=N–C) groups is 1. The van der Waals surface area contributed by atoms with E-state index in [2.05, 4.69) is 37.5 Å². The molecule has 0 spiro atoms. The molecule has 8 nitrogen and oxygen atoms in total. The van der Waals surface area contributed by atoms with Crippen LogP contribution in [0.5, 0.6) is 11.5 Å². The maximum atomic E-state index is 5.39. The minimum absolute atomic E-state index is 0. The Morgan fingerprint density at radius 2 is 2.00 bits per heavy atom. The molecule has 9 heteroatoms. The van der Waals surface area contributed by atoms with Crippen molar-refractivity contribution >= 4 is 29.9 Å². The van der Waals surface area contributed by atoms with Crippen LogP contribution in [-0.4, -0.2) is 55.4 Å². The van der Waals surface area contributed by atoms with E-state index in [1.807, 2.05) is 6.07 Å². The lowest BCUT2D eigenvalue weighted by Gasteiger charge is -2.21. The molecule has 1 aromatic heterocycles. The zero-order valence-electron chi connectivity index (χ0n) is 16.1. The van der Waals surface area contributed by atoms with Crippen molar-refractivity contribution in [3.8, 4) is 11.5 Å². The lowest BCUT2D eigenvalue weighted by Crippen LogP contribution is -2.39. The summed E-state index contributed by atoms with van der Waals surface area (Å²) in [6.07, 6.45) is 1.04. The molecule has 0 amide bonds. The number of aryl methyl sites for hydroxylation is 1. The van der Waals surface area contributed by atoms with Crippen molar-refractivity contribution in [1.29, 1.82) is 0 Å². The molecular weight excluding hydrogens is 461 g/mol. The first kappa shape index (κ1) is 21.3. The number of halogens is 1. The number of guanidine groups is 1. The predicted octanol–water partition coefficient (Wildman–Crippen LogP) is 2.58. The van der Waals surface area contributed by atoms with Gasteiger partial charge in [-0.15, -0.1) is 24.0 Å². The fourth-order valence-corrected chi connectivity index (χ4v) is 3.19. The second-order valence-corrected chi connectivity index (χ2v) is 6.21. The normalized spacial score (nSPS) is 16.8. The van der Waals surface area contributed by atoms with Gasteiger partial charge in [0.15, 0.2) is 11.8 Å². The van der Waals surface area contributed by atoms with Crippen LogP contribution in [-0.2, 0) is 6.54 Å². The lowest BCUT2D eigenvalue weighted by molar-refractivity contribution is 0.386. The summed E-state index contributed by atoms with van der Waals surface area (Å²) in [4.78, 5) is 10.8. The summed E-state index contributed by atoms with van der Waals surface area (Å²) in [6.45, 7) is 4.06. The SMILES string of the molecule is CN=C(NCc1noc(C)n1)N1CCC(c2cc(OC)cc(OC)c2)C1.I. The average Bonchev–Trinajstić information content (AvgIpc) is 3.31. The Morgan fingerprint density at radius 3 is 2.56 bits per heavy atom. The quantitative estimate of drug-likeness (QED) is 0.394. The second-order valence-electron chi connectivity index (χ2n) is 6.21. The van der Waals surface area contributed by atoms with Crippen molar-refractivity contribution in [2.24, 2.45) is 4.99 Å². The Bertz CT molecular complexity index is 758. The molecule has 1 aliphatic heterocycles. The monoisotopic (exact) mass is 487 g/mol. The second kappa shape index (κ2) is 9.77. The summed E-state index contributed by atoms with van der Waals surface area (Å²) < 4.78 is 15.8. The van der Waals surface area contributed by atoms with Crippen LogP contribution in [0.3, 0.4) is 0 Å². The lowest BCUT2D eigenvalue weighted by atomic mass is 9.98. The van der Waals surface area contributed by atoms with E-state index in [1.54, 1.807) is 28.2 Å². The van der Waals surface area contributed by atoms with E-state index in [1.165, 1.54) is 5.56 Å². The van der Waals surface area contributed by atoms with Crippen LogP contribution in [0, 0.1) is 6.92 Å². The Balaban J connectivity index is 0.00000261. The standard InChI is InChI=1S/C18H25N5O3.HI/c1-12-21-17(22-26-12)10-20-18(19-2)23-6-5-13(11-23)14-7-15(24-3)9-16(8-14)25-4;/h7-9,13H,5-6,10-11H2,1-4H3,(H,19,20);1H. The van der Waals surface area contributed by atoms with Gasteiger partial charge in [0.2, 0.25) is 5.89 Å². The molecule has 0 saturated carbocycles. The molecule has 27 heavy (non-hydrogen) atoms. The smallest absolute Gasteiger partial charge is 0.223 e. The van der Waals surface area contributed by atoms with E-state index in [9.17, 15) is 0 Å². The number of likely N-dealkylation sites (tertiary alicyclic amines) is 1. The molecule has 148 valence electrons. The number of nitrogens with zero attached hydrogens (tertiary/aromatic N) is 4. The zero-order chi connectivity index (χ0) is 18.5. The Hall–Kier alpha value is -2.04. The average molecular weight is 487 g/mol. The van der Waals surface area contributed by atoms with Crippen molar-refractivity contribution in [3.05, 3.63) is 35.5 Å². The summed E-state index contributed by atoms with van der Waals surface area (Å²) >= 11 is 0. The maximum Gasteiger partial charge on any atom is 0.223 e. The Morgan fingerprint density at radius 1 is 1.30 bits per heavy atom. The van der Waals surface area contributed by atoms with Crippen molar-refractivity contribution in [2.75, 3.05) is 34.4 Å². The van der Waals surface area contributed by atoms with Crippen LogP contribution in [0.15, 0.2) is 27.7 Å². The first-order chi connectivity index (χ1) is 12.6. The summed E-state index contributed by atoms with van der Waals surface area (Å²) in [5.74, 6) is 4.04. The zero-order valence-corrected chi connectivity index (χ0v) is 18.4. The fraction of sp³-hybridized carbons (Fsp3) is 0.500. The van der Waals surface area contributed by atoms with Gasteiger partial charge in [-0.25, -0.2) is 0 Å². The van der Waals surface area contributed by atoms with Crippen molar-refractivity contribution in [3.63, 3.8) is 0 Å². The van der Waals surface area contributed by atoms with Gasteiger partial charge in [-0.2, -0.15) is 4.98 Å². The highest BCUT2D eigenvalue weighted by molar-refractivity contribution is 14.0. The molecule has 2 aromatic rings. The number of ether oxygens (including phenoxy) is 2. The first-order valence-corrected chi connectivity index (χ1v) is 8.60. The van der Waals surface area contributed by atoms with E-state index in [0.29, 0.717) is 24.2 Å². The molecule has 1 aliphatic rings. The highest BCUT2D eigenvalue weighted by Crippen LogP contribution is 2.32. The summed E-state index contributed by atoms with van der Waals surface area (Å²) in [5, 5.41) is 7.20. The van der Waals surface area contributed by atoms with Gasteiger partial charge in [0.25, 0.3) is 0 Å². The number of hydrogen-bond donors (Lipinski definition) is 1. The number of aromatic nitrogens is 2. The molecule has 2 heterocycles. The van der Waals surface area contributed by atoms with Crippen LogP contribution in [0.1, 0.15) is 29.6 Å². The summed E-state index contributed by atoms with van der Waals surface area (Å²) in [6, 6.07) is 6.05. The fourth-order valence-electron chi connectivity index (χ4n) is 3.19. The molecule has 1 unspecified atom stereocenters. The highest BCUT2D eigenvalue weighted by Gasteiger charge is 2.27. The van der Waals surface area contributed by atoms with Gasteiger partial charge >= 0.3 is 0 Å². The van der Waals surface area contributed by atoms with Gasteiger partial charge in [-0.3, -0.25) is 4.99 Å². The van der Waals surface area contributed by atoms with Crippen LogP contribution in [0.25, 0.3) is 0 Å². The third-order valence-electron chi connectivity index (χ3n) is 4.52. The van der Waals surface area contributed by atoms with Crippen molar-refractivity contribution in [1.82, 2.24) is 20.4 Å². The van der Waals surface area contributed by atoms with Gasteiger partial charge in [0.05, 0.1) is 20.8 Å². The molecule has 0 radical (unpaired) electrons. The van der Waals surface area contributed by atoms with E-state index in [-0.39, 0.29) is 24.0 Å². The third-order valence-corrected chi connectivity index (χ3v) is 4.52. The Labute approximate surface area is 176 Å². The number of hydrogen-bond acceptors (Lipinski definition) is 6. The minimum atomic E-state index is 0. The molecule has 0 bridgehead atoms. The van der Waals surface area contributed by atoms with Gasteiger partial charge < -0.3 is 24.2 Å². The molecule has 1 saturated heterocycles. The first-order valence-electron chi connectivity index (χ1n) is 8.60. The van der Waals surface area contributed by atoms with Gasteiger partial charge in [0.1, 0.15) is 11.5 Å². The summed E-state index contributed by atoms with van der Waals surface area (Å²) in [7, 11) is 5.13. The van der Waals surface area contributed by atoms with E-state index in [0.717, 1.165) is 37.0 Å². The Kier molecular flexibility index (Phi) is 7.69. The molecule has 3 rings (SSSR count). The maximum absolute atomic E-state index is 5.39. The van der Waals surface area contributed by atoms with Crippen LogP contribution in [0.2, 0.25) is 0 Å². The molecule has 1 fully saturated rings. The molecule has 1 aromatic carbocycles. The number of nitrogens with one attached hydrogen (secondary N) is 1. The topological polar surface area (TPSA) is 85.0 Å². The molecule has 1 atom stereocenters. The molecule has 0 aliphatic carbocycles. The van der Waals surface area contributed by atoms with Gasteiger partial charge in [0, 0.05) is 39.0 Å². The van der Waals surface area contributed by atoms with Crippen LogP contribution >= 0.6 is 24.0 Å². The van der Waals surface area contributed by atoms with Gasteiger partial charge in [-0.05, 0) is 24.1 Å². The van der Waals surface area contributed by atoms with E-state index >= 15 is 0 Å². The molecule has 1 N–H and O–H groups in total. The number of benzene rings is 1. The summed E-state index contributed by atoms with van der Waals surface area (Å²) in [5.41, 5.74) is 1.22. The van der Waals surface area contributed by atoms with E-state index in [4.69, 9.17) is 14.0 Å². The highest BCUT2D eigenvalue weighted by atomic mass is 127. The molecular formula is C18H26IN5O3. The van der Waals surface area contributed by atoms with E-state index < -0.39 is 0 Å². The van der Waals surface area contributed by atoms with Crippen molar-refractivity contribution < 1.29 is 14.0 Å². The van der Waals surface area contributed by atoms with Crippen molar-refractivity contribution in [2.45, 2.75) is 25.8 Å². The van der Waals surface area contributed by atoms with Gasteiger partial charge in [-0.1, -0.05) is 5.16 Å². The third kappa shape index (κ3) is 5.24. The van der Waals surface area contributed by atoms with Crippen LogP contribution in [0.4, 0.5) is 0 Å².